The highest BCUT2D eigenvalue weighted by Gasteiger charge is 2.41. The molecule has 2 aliphatic rings. The number of hydrogen-bond acceptors (Lipinski definition) is 4. The molecule has 1 aromatic rings. The Hall–Kier alpha value is -0.450. The van der Waals surface area contributed by atoms with E-state index in [2.05, 4.69) is 31.1 Å². The number of nitrogens with one attached hydrogen (secondary N) is 1. The van der Waals surface area contributed by atoms with Gasteiger partial charge in [-0.25, -0.2) is 4.98 Å². The zero-order chi connectivity index (χ0) is 14.2. The fourth-order valence-electron chi connectivity index (χ4n) is 3.54. The van der Waals surface area contributed by atoms with Crippen LogP contribution in [0.15, 0.2) is 0 Å². The minimum Gasteiger partial charge on any atom is -0.305 e. The molecule has 3 nitrogen and oxygen atoms in total. The van der Waals surface area contributed by atoms with Crippen molar-refractivity contribution in [2.45, 2.75) is 64.0 Å². The Morgan fingerprint density at radius 1 is 1.45 bits per heavy atom. The van der Waals surface area contributed by atoms with Gasteiger partial charge < -0.3 is 10.2 Å². The average molecular weight is 293 g/mol. The highest BCUT2D eigenvalue weighted by molar-refractivity contribution is 7.12. The largest absolute Gasteiger partial charge is 0.305 e. The van der Waals surface area contributed by atoms with Crippen molar-refractivity contribution in [3.63, 3.8) is 0 Å². The number of hydrogen-bond donors (Lipinski definition) is 1. The van der Waals surface area contributed by atoms with Crippen molar-refractivity contribution in [2.75, 3.05) is 20.1 Å². The van der Waals surface area contributed by atoms with E-state index in [0.717, 1.165) is 6.54 Å². The minimum atomic E-state index is 0.136. The van der Waals surface area contributed by atoms with E-state index in [1.807, 2.05) is 11.3 Å². The molecular formula is C16H27N3S. The quantitative estimate of drug-likeness (QED) is 0.925. The monoisotopic (exact) mass is 293 g/mol. The lowest BCUT2D eigenvalue weighted by molar-refractivity contribution is 0.106. The predicted molar refractivity (Wildman–Crippen MR) is 85.4 cm³/mol. The lowest BCUT2D eigenvalue weighted by atomic mass is 9.84. The molecule has 0 amide bonds. The van der Waals surface area contributed by atoms with E-state index in [1.54, 1.807) is 4.88 Å². The molecule has 0 aromatic carbocycles. The topological polar surface area (TPSA) is 28.2 Å². The Morgan fingerprint density at radius 2 is 2.30 bits per heavy atom. The molecule has 0 radical (unpaired) electrons. The molecule has 1 saturated heterocycles. The highest BCUT2D eigenvalue weighted by Crippen LogP contribution is 2.40. The summed E-state index contributed by atoms with van der Waals surface area (Å²) < 4.78 is 0. The zero-order valence-corrected chi connectivity index (χ0v) is 13.9. The van der Waals surface area contributed by atoms with Gasteiger partial charge in [0.25, 0.3) is 0 Å². The minimum absolute atomic E-state index is 0.136. The predicted octanol–water partition coefficient (Wildman–Crippen LogP) is 2.94. The number of rotatable bonds is 4. The maximum atomic E-state index is 5.04. The van der Waals surface area contributed by atoms with Gasteiger partial charge in [-0.2, -0.15) is 0 Å². The summed E-state index contributed by atoms with van der Waals surface area (Å²) in [4.78, 5) is 9.08. The molecule has 20 heavy (non-hydrogen) atoms. The first-order valence-corrected chi connectivity index (χ1v) is 8.90. The number of piperidine rings is 1. The van der Waals surface area contributed by atoms with Crippen LogP contribution in [0.1, 0.15) is 55.1 Å². The van der Waals surface area contributed by atoms with Crippen LogP contribution in [0.4, 0.5) is 0 Å². The summed E-state index contributed by atoms with van der Waals surface area (Å²) in [7, 11) is 2.25. The van der Waals surface area contributed by atoms with Gasteiger partial charge in [0.15, 0.2) is 0 Å². The molecule has 4 heteroatoms. The Labute approximate surface area is 126 Å². The van der Waals surface area contributed by atoms with Gasteiger partial charge >= 0.3 is 0 Å². The van der Waals surface area contributed by atoms with Crippen LogP contribution in [0.25, 0.3) is 0 Å². The summed E-state index contributed by atoms with van der Waals surface area (Å²) >= 11 is 1.99. The second kappa shape index (κ2) is 5.74. The van der Waals surface area contributed by atoms with Crippen molar-refractivity contribution < 1.29 is 0 Å². The molecule has 2 heterocycles. The van der Waals surface area contributed by atoms with Crippen molar-refractivity contribution in [3.05, 3.63) is 15.6 Å². The van der Waals surface area contributed by atoms with Crippen molar-refractivity contribution in [3.8, 4) is 0 Å². The third kappa shape index (κ3) is 2.53. The Kier molecular flexibility index (Phi) is 4.16. The molecule has 3 rings (SSSR count). The lowest BCUT2D eigenvalue weighted by Gasteiger charge is -2.44. The zero-order valence-electron chi connectivity index (χ0n) is 13.0. The van der Waals surface area contributed by atoms with Gasteiger partial charge in [0.1, 0.15) is 5.01 Å². The molecule has 0 spiro atoms. The molecule has 1 aromatic heterocycles. The fourth-order valence-corrected chi connectivity index (χ4v) is 4.89. The molecule has 1 fully saturated rings. The van der Waals surface area contributed by atoms with Gasteiger partial charge in [-0.3, -0.25) is 0 Å². The van der Waals surface area contributed by atoms with Gasteiger partial charge in [0.2, 0.25) is 0 Å². The molecule has 1 N–H and O–H groups in total. The van der Waals surface area contributed by atoms with E-state index in [-0.39, 0.29) is 5.54 Å². The van der Waals surface area contributed by atoms with Crippen LogP contribution in [-0.2, 0) is 18.4 Å². The van der Waals surface area contributed by atoms with Crippen LogP contribution in [0, 0.1) is 0 Å². The summed E-state index contributed by atoms with van der Waals surface area (Å²) in [6.07, 6.45) is 7.34. The number of thiazole rings is 1. The summed E-state index contributed by atoms with van der Waals surface area (Å²) in [5.74, 6) is 0. The van der Waals surface area contributed by atoms with Gasteiger partial charge in [0, 0.05) is 17.5 Å². The van der Waals surface area contributed by atoms with Gasteiger partial charge in [-0.05, 0) is 59.0 Å². The van der Waals surface area contributed by atoms with Crippen molar-refractivity contribution >= 4 is 11.3 Å². The molecule has 1 aliphatic carbocycles. The normalized spacial score (nSPS) is 30.6. The van der Waals surface area contributed by atoms with E-state index in [4.69, 9.17) is 4.98 Å². The van der Waals surface area contributed by atoms with E-state index in [0.29, 0.717) is 6.04 Å². The highest BCUT2D eigenvalue weighted by atomic mass is 32.1. The van der Waals surface area contributed by atoms with E-state index < -0.39 is 0 Å². The second-order valence-electron chi connectivity index (χ2n) is 6.54. The fraction of sp³-hybridized carbons (Fsp3) is 0.812. The Bertz CT molecular complexity index is 445. The van der Waals surface area contributed by atoms with E-state index >= 15 is 0 Å². The summed E-state index contributed by atoms with van der Waals surface area (Å²) in [5, 5.41) is 5.23. The van der Waals surface area contributed by atoms with Gasteiger partial charge in [-0.15, -0.1) is 11.3 Å². The van der Waals surface area contributed by atoms with Crippen LogP contribution in [-0.4, -0.2) is 36.1 Å². The standard InChI is InChI=1S/C16H27N3S/c1-4-9-17-16(8-10-19(3)12(2)11-16)15-18-13-6-5-7-14(13)20-15/h12,17H,4-11H2,1-3H3. The van der Waals surface area contributed by atoms with Crippen LogP contribution in [0.3, 0.4) is 0 Å². The first-order valence-electron chi connectivity index (χ1n) is 8.09. The molecule has 2 unspecified atom stereocenters. The Balaban J connectivity index is 1.88. The first-order chi connectivity index (χ1) is 9.64. The number of aromatic nitrogens is 1. The van der Waals surface area contributed by atoms with Crippen molar-refractivity contribution in [1.29, 1.82) is 0 Å². The summed E-state index contributed by atoms with van der Waals surface area (Å²) in [5.41, 5.74) is 1.53. The number of fused-ring (bicyclic) bond motifs is 1. The Morgan fingerprint density at radius 3 is 3.00 bits per heavy atom. The summed E-state index contributed by atoms with van der Waals surface area (Å²) in [6, 6.07) is 0.631. The third-order valence-electron chi connectivity index (χ3n) is 5.01. The van der Waals surface area contributed by atoms with Crippen LogP contribution in [0.5, 0.6) is 0 Å². The lowest BCUT2D eigenvalue weighted by Crippen LogP contribution is -2.53. The first kappa shape index (κ1) is 14.5. The molecule has 0 saturated carbocycles. The molecule has 0 bridgehead atoms. The van der Waals surface area contributed by atoms with Crippen LogP contribution < -0.4 is 5.32 Å². The molecule has 112 valence electrons. The smallest absolute Gasteiger partial charge is 0.113 e. The number of likely N-dealkylation sites (tertiary alicyclic amines) is 1. The number of nitrogens with zero attached hydrogens (tertiary/aromatic N) is 2. The average Bonchev–Trinajstić information content (AvgIpc) is 3.01. The summed E-state index contributed by atoms with van der Waals surface area (Å²) in [6.45, 7) is 6.87. The molecule has 1 aliphatic heterocycles. The maximum Gasteiger partial charge on any atom is 0.113 e. The molecular weight excluding hydrogens is 266 g/mol. The maximum absolute atomic E-state index is 5.04. The molecule has 2 atom stereocenters. The van der Waals surface area contributed by atoms with E-state index in [9.17, 15) is 0 Å². The van der Waals surface area contributed by atoms with Crippen molar-refractivity contribution in [1.82, 2.24) is 15.2 Å². The number of aryl methyl sites for hydroxylation is 2. The van der Waals surface area contributed by atoms with Crippen molar-refractivity contribution in [2.24, 2.45) is 0 Å². The van der Waals surface area contributed by atoms with Gasteiger partial charge in [0.05, 0.1) is 11.2 Å². The van der Waals surface area contributed by atoms with Gasteiger partial charge in [-0.1, -0.05) is 6.92 Å². The third-order valence-corrected chi connectivity index (χ3v) is 6.37. The SMILES string of the molecule is CCCNC1(c2nc3c(s2)CCC3)CCN(C)C(C)C1. The second-order valence-corrected chi connectivity index (χ2v) is 7.62. The van der Waals surface area contributed by atoms with E-state index in [1.165, 1.54) is 55.8 Å². The van der Waals surface area contributed by atoms with Crippen LogP contribution in [0.2, 0.25) is 0 Å². The van der Waals surface area contributed by atoms with Crippen LogP contribution >= 0.6 is 11.3 Å².